The van der Waals surface area contributed by atoms with Gasteiger partial charge < -0.3 is 10.5 Å². The average molecular weight is 304 g/mol. The summed E-state index contributed by atoms with van der Waals surface area (Å²) in [5.41, 5.74) is 10.1. The number of hydrogen-bond acceptors (Lipinski definition) is 3. The molecular formula is C20H20N2O. The van der Waals surface area contributed by atoms with E-state index in [2.05, 4.69) is 36.2 Å². The number of hydrogen-bond donors (Lipinski definition) is 1. The molecule has 0 bridgehead atoms. The molecule has 0 aliphatic carbocycles. The van der Waals surface area contributed by atoms with E-state index < -0.39 is 0 Å². The molecule has 3 heteroatoms. The van der Waals surface area contributed by atoms with E-state index in [0.717, 1.165) is 34.6 Å². The summed E-state index contributed by atoms with van der Waals surface area (Å²) >= 11 is 0. The molecule has 0 atom stereocenters. The number of nitrogen functional groups attached to an aromatic ring is 1. The van der Waals surface area contributed by atoms with Gasteiger partial charge in [0, 0.05) is 5.56 Å². The number of ether oxygens (including phenoxy) is 1. The van der Waals surface area contributed by atoms with E-state index >= 15 is 0 Å². The minimum Gasteiger partial charge on any atom is -0.489 e. The maximum Gasteiger partial charge on any atom is 0.123 e. The van der Waals surface area contributed by atoms with Crippen LogP contribution in [-0.4, -0.2) is 4.98 Å². The monoisotopic (exact) mass is 304 g/mol. The second kappa shape index (κ2) is 6.97. The van der Waals surface area contributed by atoms with E-state index in [1.807, 2.05) is 42.5 Å². The standard InChI is InChI=1S/C20H20N2O/c1-2-19-18(11-12-20(21)22-19)16-9-6-10-17(13-16)23-14-15-7-4-3-5-8-15/h3-13H,2,14H2,1H3,(H2,21,22). The van der Waals surface area contributed by atoms with Crippen molar-refractivity contribution in [1.82, 2.24) is 4.98 Å². The molecule has 0 spiro atoms. The Balaban J connectivity index is 1.83. The molecule has 0 saturated carbocycles. The molecule has 0 fully saturated rings. The summed E-state index contributed by atoms with van der Waals surface area (Å²) in [5, 5.41) is 0. The summed E-state index contributed by atoms with van der Waals surface area (Å²) in [6, 6.07) is 22.1. The first kappa shape index (κ1) is 15.1. The van der Waals surface area contributed by atoms with E-state index in [9.17, 15) is 0 Å². The molecule has 2 aromatic carbocycles. The number of benzene rings is 2. The van der Waals surface area contributed by atoms with Gasteiger partial charge in [-0.3, -0.25) is 0 Å². The molecule has 116 valence electrons. The molecule has 0 unspecified atom stereocenters. The van der Waals surface area contributed by atoms with Crippen LogP contribution in [-0.2, 0) is 13.0 Å². The fourth-order valence-corrected chi connectivity index (χ4v) is 2.54. The van der Waals surface area contributed by atoms with E-state index in [4.69, 9.17) is 10.5 Å². The van der Waals surface area contributed by atoms with Gasteiger partial charge >= 0.3 is 0 Å². The van der Waals surface area contributed by atoms with Crippen molar-refractivity contribution >= 4 is 5.82 Å². The number of aromatic nitrogens is 1. The average Bonchev–Trinajstić information content (AvgIpc) is 2.61. The van der Waals surface area contributed by atoms with Crippen LogP contribution < -0.4 is 10.5 Å². The molecule has 0 saturated heterocycles. The fraction of sp³-hybridized carbons (Fsp3) is 0.150. The highest BCUT2D eigenvalue weighted by molar-refractivity contribution is 5.68. The molecule has 3 rings (SSSR count). The van der Waals surface area contributed by atoms with Crippen LogP contribution in [0.15, 0.2) is 66.7 Å². The summed E-state index contributed by atoms with van der Waals surface area (Å²) in [6.07, 6.45) is 0.843. The van der Waals surface area contributed by atoms with Crippen LogP contribution in [0.4, 0.5) is 5.82 Å². The molecule has 1 aromatic heterocycles. The number of rotatable bonds is 5. The van der Waals surface area contributed by atoms with Crippen molar-refractivity contribution in [3.63, 3.8) is 0 Å². The smallest absolute Gasteiger partial charge is 0.123 e. The van der Waals surface area contributed by atoms with Crippen LogP contribution in [0.1, 0.15) is 18.2 Å². The zero-order chi connectivity index (χ0) is 16.1. The van der Waals surface area contributed by atoms with Gasteiger partial charge in [-0.15, -0.1) is 0 Å². The minimum absolute atomic E-state index is 0.557. The maximum atomic E-state index is 5.91. The second-order valence-electron chi connectivity index (χ2n) is 5.39. The number of nitrogens with zero attached hydrogens (tertiary/aromatic N) is 1. The first-order chi connectivity index (χ1) is 11.3. The SMILES string of the molecule is CCc1nc(N)ccc1-c1cccc(OCc2ccccc2)c1. The third-order valence-electron chi connectivity index (χ3n) is 3.72. The van der Waals surface area contributed by atoms with Crippen LogP contribution >= 0.6 is 0 Å². The van der Waals surface area contributed by atoms with Crippen molar-refractivity contribution in [3.8, 4) is 16.9 Å². The summed E-state index contributed by atoms with van der Waals surface area (Å²) in [5.74, 6) is 1.41. The lowest BCUT2D eigenvalue weighted by atomic mass is 10.0. The van der Waals surface area contributed by atoms with Crippen LogP contribution in [0.2, 0.25) is 0 Å². The number of nitrogens with two attached hydrogens (primary N) is 1. The quantitative estimate of drug-likeness (QED) is 0.756. The lowest BCUT2D eigenvalue weighted by Crippen LogP contribution is -1.98. The predicted octanol–water partition coefficient (Wildman–Crippen LogP) is 4.47. The van der Waals surface area contributed by atoms with E-state index in [0.29, 0.717) is 12.4 Å². The second-order valence-corrected chi connectivity index (χ2v) is 5.39. The van der Waals surface area contributed by atoms with Gasteiger partial charge in [0.05, 0.1) is 5.69 Å². The lowest BCUT2D eigenvalue weighted by Gasteiger charge is -2.11. The first-order valence-electron chi connectivity index (χ1n) is 7.79. The van der Waals surface area contributed by atoms with Gasteiger partial charge in [-0.1, -0.05) is 49.4 Å². The van der Waals surface area contributed by atoms with Crippen molar-refractivity contribution in [2.75, 3.05) is 5.73 Å². The van der Waals surface area contributed by atoms with Crippen LogP contribution in [0.25, 0.3) is 11.1 Å². The fourth-order valence-electron chi connectivity index (χ4n) is 2.54. The van der Waals surface area contributed by atoms with E-state index in [1.54, 1.807) is 0 Å². The van der Waals surface area contributed by atoms with Gasteiger partial charge in [0.25, 0.3) is 0 Å². The normalized spacial score (nSPS) is 10.5. The van der Waals surface area contributed by atoms with E-state index in [1.165, 1.54) is 0 Å². The van der Waals surface area contributed by atoms with Gasteiger partial charge in [0.15, 0.2) is 0 Å². The Bertz CT molecular complexity index is 785. The molecule has 3 aromatic rings. The largest absolute Gasteiger partial charge is 0.489 e. The Morgan fingerprint density at radius 2 is 1.78 bits per heavy atom. The molecule has 0 radical (unpaired) electrons. The Kier molecular flexibility index (Phi) is 4.57. The number of anilines is 1. The van der Waals surface area contributed by atoms with Crippen molar-refractivity contribution < 1.29 is 4.74 Å². The zero-order valence-electron chi connectivity index (χ0n) is 13.2. The summed E-state index contributed by atoms with van der Waals surface area (Å²) in [6.45, 7) is 2.64. The number of pyridine rings is 1. The van der Waals surface area contributed by atoms with Gasteiger partial charge in [0.1, 0.15) is 18.2 Å². The van der Waals surface area contributed by atoms with Gasteiger partial charge in [-0.2, -0.15) is 0 Å². The topological polar surface area (TPSA) is 48.1 Å². The predicted molar refractivity (Wildman–Crippen MR) is 94.2 cm³/mol. The Hall–Kier alpha value is -2.81. The molecule has 0 aliphatic heterocycles. The highest BCUT2D eigenvalue weighted by atomic mass is 16.5. The van der Waals surface area contributed by atoms with Crippen LogP contribution in [0.5, 0.6) is 5.75 Å². The lowest BCUT2D eigenvalue weighted by molar-refractivity contribution is 0.306. The molecular weight excluding hydrogens is 284 g/mol. The Morgan fingerprint density at radius 1 is 0.957 bits per heavy atom. The Labute approximate surface area is 136 Å². The van der Waals surface area contributed by atoms with Crippen molar-refractivity contribution in [3.05, 3.63) is 78.0 Å². The van der Waals surface area contributed by atoms with Crippen LogP contribution in [0, 0.1) is 0 Å². The van der Waals surface area contributed by atoms with Crippen molar-refractivity contribution in [2.24, 2.45) is 0 Å². The van der Waals surface area contributed by atoms with Crippen LogP contribution in [0.3, 0.4) is 0 Å². The highest BCUT2D eigenvalue weighted by Crippen LogP contribution is 2.27. The van der Waals surface area contributed by atoms with Gasteiger partial charge in [-0.25, -0.2) is 4.98 Å². The van der Waals surface area contributed by atoms with Gasteiger partial charge in [-0.05, 0) is 41.8 Å². The van der Waals surface area contributed by atoms with Crippen molar-refractivity contribution in [1.29, 1.82) is 0 Å². The van der Waals surface area contributed by atoms with Crippen molar-refractivity contribution in [2.45, 2.75) is 20.0 Å². The maximum absolute atomic E-state index is 5.91. The molecule has 3 nitrogen and oxygen atoms in total. The summed E-state index contributed by atoms with van der Waals surface area (Å²) in [7, 11) is 0. The first-order valence-corrected chi connectivity index (χ1v) is 7.79. The third-order valence-corrected chi connectivity index (χ3v) is 3.72. The summed E-state index contributed by atoms with van der Waals surface area (Å²) in [4.78, 5) is 4.43. The number of aryl methyl sites for hydroxylation is 1. The Morgan fingerprint density at radius 3 is 2.57 bits per heavy atom. The highest BCUT2D eigenvalue weighted by Gasteiger charge is 2.07. The summed E-state index contributed by atoms with van der Waals surface area (Å²) < 4.78 is 5.91. The molecule has 0 amide bonds. The third kappa shape index (κ3) is 3.69. The van der Waals surface area contributed by atoms with Gasteiger partial charge in [0.2, 0.25) is 0 Å². The molecule has 0 aliphatic rings. The zero-order valence-corrected chi connectivity index (χ0v) is 13.2. The van der Waals surface area contributed by atoms with E-state index in [-0.39, 0.29) is 0 Å². The minimum atomic E-state index is 0.557. The molecule has 1 heterocycles. The molecule has 2 N–H and O–H groups in total. The molecule has 23 heavy (non-hydrogen) atoms.